The van der Waals surface area contributed by atoms with E-state index in [2.05, 4.69) is 5.32 Å². The molecule has 1 heterocycles. The van der Waals surface area contributed by atoms with Crippen LogP contribution in [0.3, 0.4) is 0 Å². The number of fused-ring (bicyclic) bond motifs is 1. The second-order valence-electron chi connectivity index (χ2n) is 5.94. The Labute approximate surface area is 152 Å². The Balaban J connectivity index is 1.91. The maximum atomic E-state index is 12.6. The van der Waals surface area contributed by atoms with Gasteiger partial charge in [-0.15, -0.1) is 11.8 Å². The molecule has 0 aliphatic carbocycles. The molecule has 25 heavy (non-hydrogen) atoms. The number of nitrogens with zero attached hydrogens (tertiary/aromatic N) is 1. The van der Waals surface area contributed by atoms with Gasteiger partial charge in [0.2, 0.25) is 10.0 Å². The van der Waals surface area contributed by atoms with Crippen molar-refractivity contribution in [1.82, 2.24) is 0 Å². The molecule has 1 aliphatic rings. The Hall–Kier alpha value is -1.99. The maximum Gasteiger partial charge on any atom is 0.256 e. The monoisotopic (exact) mass is 376 g/mol. The average molecular weight is 377 g/mol. The molecule has 0 unspecified atom stereocenters. The fourth-order valence-electron chi connectivity index (χ4n) is 2.99. The third-order valence-corrected chi connectivity index (χ3v) is 6.15. The summed E-state index contributed by atoms with van der Waals surface area (Å²) in [6.07, 6.45) is 4.77. The minimum Gasteiger partial charge on any atom is -0.322 e. The van der Waals surface area contributed by atoms with E-state index in [9.17, 15) is 13.2 Å². The van der Waals surface area contributed by atoms with E-state index in [1.165, 1.54) is 22.3 Å². The van der Waals surface area contributed by atoms with Gasteiger partial charge in [0.05, 0.1) is 17.5 Å². The summed E-state index contributed by atoms with van der Waals surface area (Å²) >= 11 is 1.51. The number of carbonyl (C=O) groups excluding carboxylic acids is 1. The average Bonchev–Trinajstić information content (AvgIpc) is 2.60. The SMILES string of the molecule is CSc1ccccc1C(=O)Nc1ccc2c(c1)N(S(C)(=O)=O)CCC2. The van der Waals surface area contributed by atoms with Crippen LogP contribution in [0.1, 0.15) is 22.3 Å². The van der Waals surface area contributed by atoms with Gasteiger partial charge in [-0.2, -0.15) is 0 Å². The van der Waals surface area contributed by atoms with Crippen molar-refractivity contribution in [1.29, 1.82) is 0 Å². The van der Waals surface area contributed by atoms with Crippen LogP contribution >= 0.6 is 11.8 Å². The summed E-state index contributed by atoms with van der Waals surface area (Å²) in [5, 5.41) is 2.88. The van der Waals surface area contributed by atoms with E-state index in [0.29, 0.717) is 23.5 Å². The van der Waals surface area contributed by atoms with Gasteiger partial charge in [-0.3, -0.25) is 9.10 Å². The molecule has 0 radical (unpaired) electrons. The number of rotatable bonds is 4. The van der Waals surface area contributed by atoms with E-state index in [-0.39, 0.29) is 5.91 Å². The summed E-state index contributed by atoms with van der Waals surface area (Å²) in [6, 6.07) is 12.9. The van der Waals surface area contributed by atoms with E-state index in [0.717, 1.165) is 23.3 Å². The molecule has 132 valence electrons. The first kappa shape index (κ1) is 17.8. The van der Waals surface area contributed by atoms with Crippen LogP contribution in [-0.4, -0.2) is 33.4 Å². The van der Waals surface area contributed by atoms with Crippen LogP contribution in [0.4, 0.5) is 11.4 Å². The van der Waals surface area contributed by atoms with Crippen molar-refractivity contribution >= 4 is 39.1 Å². The predicted octanol–water partition coefficient (Wildman–Crippen LogP) is 3.37. The topological polar surface area (TPSA) is 66.5 Å². The number of nitrogens with one attached hydrogen (secondary N) is 1. The fourth-order valence-corrected chi connectivity index (χ4v) is 4.58. The zero-order valence-corrected chi connectivity index (χ0v) is 15.8. The number of hydrogen-bond donors (Lipinski definition) is 1. The number of thioether (sulfide) groups is 1. The van der Waals surface area contributed by atoms with Gasteiger partial charge in [-0.1, -0.05) is 18.2 Å². The maximum absolute atomic E-state index is 12.6. The lowest BCUT2D eigenvalue weighted by atomic mass is 10.0. The number of sulfonamides is 1. The molecule has 0 saturated heterocycles. The van der Waals surface area contributed by atoms with Crippen molar-refractivity contribution in [2.24, 2.45) is 0 Å². The molecule has 0 aromatic heterocycles. The Kier molecular flexibility index (Phi) is 5.06. The highest BCUT2D eigenvalue weighted by atomic mass is 32.2. The number of anilines is 2. The van der Waals surface area contributed by atoms with Crippen LogP contribution in [0.15, 0.2) is 47.4 Å². The van der Waals surface area contributed by atoms with Crippen LogP contribution in [-0.2, 0) is 16.4 Å². The minimum absolute atomic E-state index is 0.202. The van der Waals surface area contributed by atoms with Crippen molar-refractivity contribution in [2.75, 3.05) is 28.7 Å². The molecule has 0 spiro atoms. The lowest BCUT2D eigenvalue weighted by molar-refractivity contribution is 0.102. The predicted molar refractivity (Wildman–Crippen MR) is 103 cm³/mol. The molecule has 2 aromatic rings. The van der Waals surface area contributed by atoms with Gasteiger partial charge in [0.25, 0.3) is 5.91 Å². The Bertz CT molecular complexity index is 910. The summed E-state index contributed by atoms with van der Waals surface area (Å²) in [5.74, 6) is -0.202. The van der Waals surface area contributed by atoms with Crippen LogP contribution in [0.5, 0.6) is 0 Å². The molecule has 5 nitrogen and oxygen atoms in total. The van der Waals surface area contributed by atoms with Crippen LogP contribution in [0.2, 0.25) is 0 Å². The van der Waals surface area contributed by atoms with Gasteiger partial charge in [-0.05, 0) is 48.9 Å². The van der Waals surface area contributed by atoms with E-state index in [1.54, 1.807) is 12.1 Å². The van der Waals surface area contributed by atoms with E-state index in [1.807, 2.05) is 36.6 Å². The molecular formula is C18H20N2O3S2. The molecule has 7 heteroatoms. The molecule has 0 bridgehead atoms. The third kappa shape index (κ3) is 3.82. The largest absolute Gasteiger partial charge is 0.322 e. The van der Waals surface area contributed by atoms with Gasteiger partial charge in [-0.25, -0.2) is 8.42 Å². The lowest BCUT2D eigenvalue weighted by Gasteiger charge is -2.29. The first-order valence-electron chi connectivity index (χ1n) is 7.95. The van der Waals surface area contributed by atoms with Gasteiger partial charge in [0, 0.05) is 17.1 Å². The molecule has 0 saturated carbocycles. The van der Waals surface area contributed by atoms with Crippen molar-refractivity contribution in [3.8, 4) is 0 Å². The number of hydrogen-bond acceptors (Lipinski definition) is 4. The summed E-state index contributed by atoms with van der Waals surface area (Å²) in [5.41, 5.74) is 2.84. The summed E-state index contributed by atoms with van der Waals surface area (Å²) in [6.45, 7) is 0.471. The standard InChI is InChI=1S/C18H20N2O3S2/c1-24-17-8-4-3-7-15(17)18(21)19-14-10-9-13-6-5-11-20(16(13)12-14)25(2,22)23/h3-4,7-10,12H,5-6,11H2,1-2H3,(H,19,21). The summed E-state index contributed by atoms with van der Waals surface area (Å²) < 4.78 is 25.5. The zero-order chi connectivity index (χ0) is 18.0. The van der Waals surface area contributed by atoms with Crippen LogP contribution < -0.4 is 9.62 Å². The third-order valence-electron chi connectivity index (χ3n) is 4.17. The van der Waals surface area contributed by atoms with Gasteiger partial charge < -0.3 is 5.32 Å². The fraction of sp³-hybridized carbons (Fsp3) is 0.278. The normalized spacial score (nSPS) is 14.1. The van der Waals surface area contributed by atoms with Gasteiger partial charge in [0.15, 0.2) is 0 Å². The first-order valence-corrected chi connectivity index (χ1v) is 11.0. The van der Waals surface area contributed by atoms with E-state index in [4.69, 9.17) is 0 Å². The summed E-state index contributed by atoms with van der Waals surface area (Å²) in [4.78, 5) is 13.5. The van der Waals surface area contributed by atoms with Crippen LogP contribution in [0.25, 0.3) is 0 Å². The molecule has 0 fully saturated rings. The minimum atomic E-state index is -3.33. The second kappa shape index (κ2) is 7.09. The van der Waals surface area contributed by atoms with Crippen LogP contribution in [0, 0.1) is 0 Å². The quantitative estimate of drug-likeness (QED) is 0.831. The molecule has 2 aromatic carbocycles. The molecule has 3 rings (SSSR count). The van der Waals surface area contributed by atoms with Crippen molar-refractivity contribution in [3.63, 3.8) is 0 Å². The smallest absolute Gasteiger partial charge is 0.256 e. The Morgan fingerprint density at radius 1 is 1.20 bits per heavy atom. The van der Waals surface area contributed by atoms with E-state index >= 15 is 0 Å². The van der Waals surface area contributed by atoms with E-state index < -0.39 is 10.0 Å². The molecule has 1 aliphatic heterocycles. The number of aryl methyl sites for hydroxylation is 1. The second-order valence-corrected chi connectivity index (χ2v) is 8.69. The molecule has 0 atom stereocenters. The highest BCUT2D eigenvalue weighted by molar-refractivity contribution is 7.98. The lowest BCUT2D eigenvalue weighted by Crippen LogP contribution is -2.34. The highest BCUT2D eigenvalue weighted by Crippen LogP contribution is 2.32. The zero-order valence-electron chi connectivity index (χ0n) is 14.2. The van der Waals surface area contributed by atoms with Crippen molar-refractivity contribution < 1.29 is 13.2 Å². The molecular weight excluding hydrogens is 356 g/mol. The number of carbonyl (C=O) groups is 1. The Morgan fingerprint density at radius 2 is 1.96 bits per heavy atom. The molecule has 1 N–H and O–H groups in total. The van der Waals surface area contributed by atoms with Gasteiger partial charge in [0.1, 0.15) is 0 Å². The molecule has 1 amide bonds. The van der Waals surface area contributed by atoms with Crippen molar-refractivity contribution in [2.45, 2.75) is 17.7 Å². The van der Waals surface area contributed by atoms with Gasteiger partial charge >= 0.3 is 0 Å². The first-order chi connectivity index (χ1) is 11.9. The number of amides is 1. The highest BCUT2D eigenvalue weighted by Gasteiger charge is 2.24. The number of benzene rings is 2. The Morgan fingerprint density at radius 3 is 2.68 bits per heavy atom. The summed E-state index contributed by atoms with van der Waals surface area (Å²) in [7, 11) is -3.33. The van der Waals surface area contributed by atoms with Crippen molar-refractivity contribution in [3.05, 3.63) is 53.6 Å².